The first-order chi connectivity index (χ1) is 9.63. The molecule has 20 heavy (non-hydrogen) atoms. The van der Waals surface area contributed by atoms with Gasteiger partial charge in [-0.2, -0.15) is 5.10 Å². The van der Waals surface area contributed by atoms with Crippen LogP contribution in [0.15, 0.2) is 30.9 Å². The maximum atomic E-state index is 12.1. The van der Waals surface area contributed by atoms with Crippen molar-refractivity contribution in [1.29, 1.82) is 0 Å². The quantitative estimate of drug-likeness (QED) is 0.867. The molecule has 1 fully saturated rings. The van der Waals surface area contributed by atoms with Gasteiger partial charge in [0.1, 0.15) is 12.7 Å². The monoisotopic (exact) mass is 272 g/mol. The number of hydrogen-bond acceptors (Lipinski definition) is 4. The minimum Gasteiger partial charge on any atom is -0.393 e. The van der Waals surface area contributed by atoms with Crippen LogP contribution in [0.4, 0.5) is 0 Å². The molecule has 1 amide bonds. The van der Waals surface area contributed by atoms with Gasteiger partial charge in [0, 0.05) is 11.6 Å². The van der Waals surface area contributed by atoms with Crippen molar-refractivity contribution in [2.45, 2.75) is 31.9 Å². The zero-order valence-corrected chi connectivity index (χ0v) is 11.2. The van der Waals surface area contributed by atoms with E-state index in [2.05, 4.69) is 15.4 Å². The molecule has 1 saturated carbocycles. The maximum Gasteiger partial charge on any atom is 0.251 e. The van der Waals surface area contributed by atoms with Crippen LogP contribution in [0.1, 0.15) is 28.8 Å². The Hall–Kier alpha value is -2.21. The number of hydrogen-bond donors (Lipinski definition) is 2. The van der Waals surface area contributed by atoms with Crippen molar-refractivity contribution in [3.05, 3.63) is 42.0 Å². The van der Waals surface area contributed by atoms with E-state index in [0.717, 1.165) is 11.3 Å². The Balaban J connectivity index is 1.75. The molecule has 0 unspecified atom stereocenters. The molecule has 2 N–H and O–H groups in total. The fraction of sp³-hybridized carbons (Fsp3) is 0.357. The third kappa shape index (κ3) is 2.42. The van der Waals surface area contributed by atoms with E-state index in [9.17, 15) is 9.90 Å². The molecule has 1 aliphatic rings. The van der Waals surface area contributed by atoms with Gasteiger partial charge in [0.2, 0.25) is 0 Å². The molecule has 6 nitrogen and oxygen atoms in total. The zero-order valence-electron chi connectivity index (χ0n) is 11.2. The van der Waals surface area contributed by atoms with Crippen molar-refractivity contribution >= 4 is 5.91 Å². The summed E-state index contributed by atoms with van der Waals surface area (Å²) in [6, 6.07) is 5.55. The van der Waals surface area contributed by atoms with Gasteiger partial charge < -0.3 is 10.4 Å². The van der Waals surface area contributed by atoms with Gasteiger partial charge in [-0.1, -0.05) is 0 Å². The number of nitrogens with zero attached hydrogens (tertiary/aromatic N) is 3. The minimum atomic E-state index is -0.267. The molecule has 1 aliphatic carbocycles. The van der Waals surface area contributed by atoms with Crippen LogP contribution in [-0.2, 0) is 0 Å². The summed E-state index contributed by atoms with van der Waals surface area (Å²) >= 11 is 0. The molecule has 6 heteroatoms. The SMILES string of the molecule is Cc1cc(C(=O)NC2CC(O)C2)ccc1-n1cncn1. The molecular weight excluding hydrogens is 256 g/mol. The summed E-state index contributed by atoms with van der Waals surface area (Å²) in [6.07, 6.45) is 4.11. The lowest BCUT2D eigenvalue weighted by Gasteiger charge is -2.31. The highest BCUT2D eigenvalue weighted by atomic mass is 16.3. The highest BCUT2D eigenvalue weighted by Gasteiger charge is 2.28. The van der Waals surface area contributed by atoms with Crippen LogP contribution in [0.2, 0.25) is 0 Å². The predicted molar refractivity (Wildman–Crippen MR) is 72.6 cm³/mol. The number of aliphatic hydroxyl groups is 1. The van der Waals surface area contributed by atoms with Gasteiger partial charge in [0.25, 0.3) is 5.91 Å². The van der Waals surface area contributed by atoms with Crippen molar-refractivity contribution in [3.8, 4) is 5.69 Å². The number of aromatic nitrogens is 3. The maximum absolute atomic E-state index is 12.1. The summed E-state index contributed by atoms with van der Waals surface area (Å²) in [5.41, 5.74) is 2.47. The summed E-state index contributed by atoms with van der Waals surface area (Å²) in [5, 5.41) is 16.2. The summed E-state index contributed by atoms with van der Waals surface area (Å²) in [6.45, 7) is 1.93. The second kappa shape index (κ2) is 5.05. The van der Waals surface area contributed by atoms with E-state index in [1.165, 1.54) is 6.33 Å². The van der Waals surface area contributed by atoms with Gasteiger partial charge in [0.05, 0.1) is 11.8 Å². The number of aliphatic hydroxyl groups excluding tert-OH is 1. The van der Waals surface area contributed by atoms with Gasteiger partial charge in [-0.25, -0.2) is 9.67 Å². The number of rotatable bonds is 3. The molecule has 0 aliphatic heterocycles. The Bertz CT molecular complexity index is 618. The average Bonchev–Trinajstić information content (AvgIpc) is 2.90. The molecule has 0 bridgehead atoms. The van der Waals surface area contributed by atoms with E-state index in [4.69, 9.17) is 0 Å². The van der Waals surface area contributed by atoms with Crippen LogP contribution in [-0.4, -0.2) is 37.9 Å². The Morgan fingerprint density at radius 1 is 1.45 bits per heavy atom. The first-order valence-electron chi connectivity index (χ1n) is 6.58. The molecule has 0 atom stereocenters. The third-order valence-corrected chi connectivity index (χ3v) is 3.57. The number of nitrogens with one attached hydrogen (secondary N) is 1. The van der Waals surface area contributed by atoms with Crippen LogP contribution in [0.5, 0.6) is 0 Å². The fourth-order valence-electron chi connectivity index (χ4n) is 2.36. The van der Waals surface area contributed by atoms with Crippen molar-refractivity contribution in [3.63, 3.8) is 0 Å². The molecule has 0 spiro atoms. The first-order valence-corrected chi connectivity index (χ1v) is 6.58. The highest BCUT2D eigenvalue weighted by Crippen LogP contribution is 2.20. The van der Waals surface area contributed by atoms with Crippen molar-refractivity contribution < 1.29 is 9.90 Å². The minimum absolute atomic E-state index is 0.0906. The normalized spacial score (nSPS) is 21.3. The molecule has 2 aromatic rings. The number of carbonyl (C=O) groups is 1. The lowest BCUT2D eigenvalue weighted by Crippen LogP contribution is -2.46. The van der Waals surface area contributed by atoms with E-state index >= 15 is 0 Å². The van der Waals surface area contributed by atoms with Gasteiger partial charge in [-0.05, 0) is 43.5 Å². The Labute approximate surface area is 116 Å². The third-order valence-electron chi connectivity index (χ3n) is 3.57. The number of carbonyl (C=O) groups excluding carboxylic acids is 1. The zero-order chi connectivity index (χ0) is 14.1. The van der Waals surface area contributed by atoms with Gasteiger partial charge >= 0.3 is 0 Å². The summed E-state index contributed by atoms with van der Waals surface area (Å²) in [5.74, 6) is -0.102. The van der Waals surface area contributed by atoms with Gasteiger partial charge in [0.15, 0.2) is 0 Å². The van der Waals surface area contributed by atoms with Crippen molar-refractivity contribution in [2.75, 3.05) is 0 Å². The molecule has 104 valence electrons. The van der Waals surface area contributed by atoms with E-state index in [1.807, 2.05) is 19.1 Å². The van der Waals surface area contributed by atoms with Gasteiger partial charge in [-0.3, -0.25) is 4.79 Å². The van der Waals surface area contributed by atoms with E-state index in [0.29, 0.717) is 18.4 Å². The second-order valence-corrected chi connectivity index (χ2v) is 5.14. The standard InChI is InChI=1S/C14H16N4O2/c1-9-4-10(14(20)17-11-5-12(19)6-11)2-3-13(9)18-8-15-7-16-18/h2-4,7-8,11-12,19H,5-6H2,1H3,(H,17,20). The summed E-state index contributed by atoms with van der Waals surface area (Å²) < 4.78 is 1.67. The molecule has 1 aromatic heterocycles. The molecule has 0 radical (unpaired) electrons. The fourth-order valence-corrected chi connectivity index (χ4v) is 2.36. The lowest BCUT2D eigenvalue weighted by atomic mass is 9.89. The van der Waals surface area contributed by atoms with Crippen LogP contribution < -0.4 is 5.32 Å². The van der Waals surface area contributed by atoms with E-state index in [-0.39, 0.29) is 18.1 Å². The van der Waals surface area contributed by atoms with Crippen molar-refractivity contribution in [2.24, 2.45) is 0 Å². The topological polar surface area (TPSA) is 80.0 Å². The smallest absolute Gasteiger partial charge is 0.251 e. The number of aryl methyl sites for hydroxylation is 1. The van der Waals surface area contributed by atoms with Crippen LogP contribution in [0, 0.1) is 6.92 Å². The summed E-state index contributed by atoms with van der Waals surface area (Å²) in [7, 11) is 0. The molecule has 3 rings (SSSR count). The van der Waals surface area contributed by atoms with Crippen LogP contribution in [0.25, 0.3) is 5.69 Å². The largest absolute Gasteiger partial charge is 0.393 e. The number of benzene rings is 1. The molecule has 1 aromatic carbocycles. The highest BCUT2D eigenvalue weighted by molar-refractivity contribution is 5.94. The first kappa shape index (κ1) is 12.8. The van der Waals surface area contributed by atoms with Crippen molar-refractivity contribution in [1.82, 2.24) is 20.1 Å². The Kier molecular flexibility index (Phi) is 3.23. The molecular formula is C14H16N4O2. The van der Waals surface area contributed by atoms with Crippen LogP contribution in [0.3, 0.4) is 0 Å². The van der Waals surface area contributed by atoms with Gasteiger partial charge in [-0.15, -0.1) is 0 Å². The van der Waals surface area contributed by atoms with Crippen LogP contribution >= 0.6 is 0 Å². The average molecular weight is 272 g/mol. The van der Waals surface area contributed by atoms with E-state index in [1.54, 1.807) is 17.1 Å². The number of amides is 1. The molecule has 1 heterocycles. The molecule has 0 saturated heterocycles. The predicted octanol–water partition coefficient (Wildman–Crippen LogP) is 0.829. The Morgan fingerprint density at radius 3 is 2.85 bits per heavy atom. The second-order valence-electron chi connectivity index (χ2n) is 5.14. The Morgan fingerprint density at radius 2 is 2.25 bits per heavy atom. The lowest BCUT2D eigenvalue weighted by molar-refractivity contribution is 0.0562. The summed E-state index contributed by atoms with van der Waals surface area (Å²) in [4.78, 5) is 16.0. The van der Waals surface area contributed by atoms with E-state index < -0.39 is 0 Å².